The van der Waals surface area contributed by atoms with Crippen molar-refractivity contribution in [2.24, 2.45) is 0 Å². The predicted octanol–water partition coefficient (Wildman–Crippen LogP) is 3.39. The molecule has 0 spiro atoms. The van der Waals surface area contributed by atoms with Gasteiger partial charge in [-0.1, -0.05) is 29.3 Å². The smallest absolute Gasteiger partial charge is 0.315 e. The van der Waals surface area contributed by atoms with Gasteiger partial charge in [0.05, 0.1) is 22.8 Å². The number of nitrogens with one attached hydrogen (secondary N) is 2. The lowest BCUT2D eigenvalue weighted by atomic mass is 10.1. The van der Waals surface area contributed by atoms with Crippen molar-refractivity contribution in [3.05, 3.63) is 33.8 Å². The van der Waals surface area contributed by atoms with E-state index in [0.717, 1.165) is 49.5 Å². The standard InChI is InChI=1S/C18H25Cl2N3O2S/c19-16-2-1-13(9-17(16)20)11-23-5-6-25-15(12-23)10-21-18(24)22-14-3-7-26-8-4-14/h1-2,9,14-15H,3-8,10-12H2,(H2,21,22,24). The molecule has 2 amide bonds. The van der Waals surface area contributed by atoms with E-state index in [4.69, 9.17) is 27.9 Å². The first-order valence-electron chi connectivity index (χ1n) is 9.00. The summed E-state index contributed by atoms with van der Waals surface area (Å²) < 4.78 is 5.79. The number of hydrogen-bond acceptors (Lipinski definition) is 4. The van der Waals surface area contributed by atoms with Crippen LogP contribution in [0.1, 0.15) is 18.4 Å². The van der Waals surface area contributed by atoms with Gasteiger partial charge in [0.25, 0.3) is 0 Å². The molecule has 0 radical (unpaired) electrons. The molecule has 0 aromatic heterocycles. The monoisotopic (exact) mass is 417 g/mol. The van der Waals surface area contributed by atoms with Crippen molar-refractivity contribution in [2.75, 3.05) is 37.7 Å². The zero-order valence-corrected chi connectivity index (χ0v) is 17.0. The molecule has 0 bridgehead atoms. The third-order valence-electron chi connectivity index (χ3n) is 4.66. The van der Waals surface area contributed by atoms with E-state index >= 15 is 0 Å². The highest BCUT2D eigenvalue weighted by molar-refractivity contribution is 7.99. The molecule has 1 aromatic carbocycles. The fourth-order valence-electron chi connectivity index (χ4n) is 3.23. The van der Waals surface area contributed by atoms with E-state index in [1.54, 1.807) is 0 Å². The maximum absolute atomic E-state index is 12.1. The van der Waals surface area contributed by atoms with E-state index in [-0.39, 0.29) is 12.1 Å². The van der Waals surface area contributed by atoms with E-state index < -0.39 is 0 Å². The van der Waals surface area contributed by atoms with Crippen molar-refractivity contribution >= 4 is 41.0 Å². The second-order valence-corrected chi connectivity index (χ2v) is 8.76. The number of rotatable bonds is 5. The minimum absolute atomic E-state index is 0.000756. The molecule has 2 heterocycles. The van der Waals surface area contributed by atoms with Crippen molar-refractivity contribution < 1.29 is 9.53 Å². The molecular formula is C18H25Cl2N3O2S. The quantitative estimate of drug-likeness (QED) is 0.770. The summed E-state index contributed by atoms with van der Waals surface area (Å²) in [5.74, 6) is 2.25. The Morgan fingerprint density at radius 1 is 1.27 bits per heavy atom. The molecule has 8 heteroatoms. The van der Waals surface area contributed by atoms with Gasteiger partial charge < -0.3 is 15.4 Å². The first-order chi connectivity index (χ1) is 12.6. The van der Waals surface area contributed by atoms with Crippen LogP contribution in [-0.2, 0) is 11.3 Å². The highest BCUT2D eigenvalue weighted by atomic mass is 35.5. The maximum Gasteiger partial charge on any atom is 0.315 e. The number of halogens is 2. The van der Waals surface area contributed by atoms with Crippen LogP contribution in [-0.4, -0.2) is 60.8 Å². The number of thioether (sulfide) groups is 1. The van der Waals surface area contributed by atoms with Crippen molar-refractivity contribution in [2.45, 2.75) is 31.5 Å². The fourth-order valence-corrected chi connectivity index (χ4v) is 4.66. The molecule has 144 valence electrons. The Kier molecular flexibility index (Phi) is 7.76. The lowest BCUT2D eigenvalue weighted by molar-refractivity contribution is -0.0287. The predicted molar refractivity (Wildman–Crippen MR) is 108 cm³/mol. The van der Waals surface area contributed by atoms with Gasteiger partial charge in [0, 0.05) is 32.2 Å². The Morgan fingerprint density at radius 3 is 2.85 bits per heavy atom. The average molecular weight is 418 g/mol. The van der Waals surface area contributed by atoms with E-state index in [0.29, 0.717) is 29.2 Å². The summed E-state index contributed by atoms with van der Waals surface area (Å²) in [7, 11) is 0. The zero-order valence-electron chi connectivity index (χ0n) is 14.7. The molecule has 5 nitrogen and oxygen atoms in total. The Balaban J connectivity index is 1.41. The maximum atomic E-state index is 12.1. The minimum atomic E-state index is -0.0906. The van der Waals surface area contributed by atoms with Gasteiger partial charge in [0.2, 0.25) is 0 Å². The SMILES string of the molecule is O=C(NCC1CN(Cc2ccc(Cl)c(Cl)c2)CCO1)NC1CCSCC1. The lowest BCUT2D eigenvalue weighted by Crippen LogP contribution is -2.50. The Labute approximate surface area is 169 Å². The van der Waals surface area contributed by atoms with Gasteiger partial charge in [-0.15, -0.1) is 0 Å². The summed E-state index contributed by atoms with van der Waals surface area (Å²) >= 11 is 14.0. The second-order valence-electron chi connectivity index (χ2n) is 6.72. The van der Waals surface area contributed by atoms with Gasteiger partial charge in [0.15, 0.2) is 0 Å². The first kappa shape index (κ1) is 20.1. The summed E-state index contributed by atoms with van der Waals surface area (Å²) in [6.45, 7) is 3.62. The molecule has 1 aromatic rings. The van der Waals surface area contributed by atoms with Crippen LogP contribution in [0.3, 0.4) is 0 Å². The molecule has 2 saturated heterocycles. The molecular weight excluding hydrogens is 393 g/mol. The number of benzene rings is 1. The second kappa shape index (κ2) is 10.0. The van der Waals surface area contributed by atoms with Gasteiger partial charge in [0.1, 0.15) is 0 Å². The van der Waals surface area contributed by atoms with Crippen molar-refractivity contribution in [3.63, 3.8) is 0 Å². The normalized spacial score (nSPS) is 22.2. The van der Waals surface area contributed by atoms with Gasteiger partial charge in [-0.2, -0.15) is 11.8 Å². The van der Waals surface area contributed by atoms with Crippen LogP contribution >= 0.6 is 35.0 Å². The van der Waals surface area contributed by atoms with Gasteiger partial charge >= 0.3 is 6.03 Å². The first-order valence-corrected chi connectivity index (χ1v) is 10.9. The Morgan fingerprint density at radius 2 is 2.08 bits per heavy atom. The number of hydrogen-bond donors (Lipinski definition) is 2. The van der Waals surface area contributed by atoms with E-state index in [1.807, 2.05) is 30.0 Å². The third-order valence-corrected chi connectivity index (χ3v) is 6.45. The molecule has 1 unspecified atom stereocenters. The van der Waals surface area contributed by atoms with Crippen LogP contribution in [0.2, 0.25) is 10.0 Å². The van der Waals surface area contributed by atoms with E-state index in [2.05, 4.69) is 15.5 Å². The molecule has 0 aliphatic carbocycles. The van der Waals surface area contributed by atoms with Crippen LogP contribution in [0.25, 0.3) is 0 Å². The zero-order chi connectivity index (χ0) is 18.4. The van der Waals surface area contributed by atoms with Crippen LogP contribution in [0, 0.1) is 0 Å². The molecule has 2 fully saturated rings. The molecule has 26 heavy (non-hydrogen) atoms. The number of urea groups is 1. The minimum Gasteiger partial charge on any atom is -0.374 e. The summed E-state index contributed by atoms with van der Waals surface area (Å²) in [5.41, 5.74) is 1.13. The van der Waals surface area contributed by atoms with Crippen LogP contribution < -0.4 is 10.6 Å². The van der Waals surface area contributed by atoms with Crippen molar-refractivity contribution in [1.82, 2.24) is 15.5 Å². The Hall–Kier alpha value is -0.660. The van der Waals surface area contributed by atoms with E-state index in [1.165, 1.54) is 0 Å². The largest absolute Gasteiger partial charge is 0.374 e. The summed E-state index contributed by atoms with van der Waals surface area (Å²) in [4.78, 5) is 14.4. The average Bonchev–Trinajstić information content (AvgIpc) is 2.64. The van der Waals surface area contributed by atoms with Gasteiger partial charge in [-0.05, 0) is 42.0 Å². The van der Waals surface area contributed by atoms with Gasteiger partial charge in [-0.3, -0.25) is 4.90 Å². The number of nitrogens with zero attached hydrogens (tertiary/aromatic N) is 1. The van der Waals surface area contributed by atoms with Crippen molar-refractivity contribution in [1.29, 1.82) is 0 Å². The topological polar surface area (TPSA) is 53.6 Å². The number of morpholine rings is 1. The summed E-state index contributed by atoms with van der Waals surface area (Å²) in [6.07, 6.45) is 2.10. The summed E-state index contributed by atoms with van der Waals surface area (Å²) in [6, 6.07) is 5.93. The molecule has 2 N–H and O–H groups in total. The fraction of sp³-hybridized carbons (Fsp3) is 0.611. The molecule has 0 saturated carbocycles. The van der Waals surface area contributed by atoms with Crippen LogP contribution in [0.15, 0.2) is 18.2 Å². The molecule has 2 aliphatic rings. The highest BCUT2D eigenvalue weighted by Gasteiger charge is 2.22. The lowest BCUT2D eigenvalue weighted by Gasteiger charge is -2.33. The number of carbonyl (C=O) groups excluding carboxylic acids is 1. The van der Waals surface area contributed by atoms with Crippen molar-refractivity contribution in [3.8, 4) is 0 Å². The number of carbonyl (C=O) groups is 1. The number of amides is 2. The highest BCUT2D eigenvalue weighted by Crippen LogP contribution is 2.23. The molecule has 3 rings (SSSR count). The molecule has 1 atom stereocenters. The molecule has 2 aliphatic heterocycles. The Bertz CT molecular complexity index is 614. The van der Waals surface area contributed by atoms with Crippen LogP contribution in [0.4, 0.5) is 4.79 Å². The van der Waals surface area contributed by atoms with Crippen LogP contribution in [0.5, 0.6) is 0 Å². The van der Waals surface area contributed by atoms with E-state index in [9.17, 15) is 4.79 Å². The third kappa shape index (κ3) is 6.20. The summed E-state index contributed by atoms with van der Waals surface area (Å²) in [5, 5.41) is 7.16. The number of ether oxygens (including phenoxy) is 1. The van der Waals surface area contributed by atoms with Gasteiger partial charge in [-0.25, -0.2) is 4.79 Å².